The second-order valence-corrected chi connectivity index (χ2v) is 5.50. The second kappa shape index (κ2) is 6.50. The minimum absolute atomic E-state index is 0.411. The van der Waals surface area contributed by atoms with Crippen molar-refractivity contribution in [1.29, 1.82) is 0 Å². The molecule has 5 nitrogen and oxygen atoms in total. The fraction of sp³-hybridized carbons (Fsp3) is 0.533. The molecule has 2 aromatic rings. The van der Waals surface area contributed by atoms with E-state index in [9.17, 15) is 0 Å². The van der Waals surface area contributed by atoms with Crippen molar-refractivity contribution in [3.63, 3.8) is 0 Å². The molecule has 0 aliphatic heterocycles. The summed E-state index contributed by atoms with van der Waals surface area (Å²) in [5.74, 6) is 2.66. The zero-order valence-electron chi connectivity index (χ0n) is 12.6. The molecule has 5 heteroatoms. The fourth-order valence-electron chi connectivity index (χ4n) is 1.78. The molecule has 0 bridgehead atoms. The van der Waals surface area contributed by atoms with E-state index in [-0.39, 0.29) is 0 Å². The zero-order chi connectivity index (χ0) is 14.5. The van der Waals surface area contributed by atoms with Crippen LogP contribution in [0, 0.1) is 5.92 Å². The maximum atomic E-state index is 5.27. The molecule has 0 aromatic carbocycles. The number of nitrogens with one attached hydrogen (secondary N) is 1. The Morgan fingerprint density at radius 1 is 1.25 bits per heavy atom. The molecule has 1 N–H and O–H groups in total. The van der Waals surface area contributed by atoms with Gasteiger partial charge in [-0.15, -0.1) is 0 Å². The van der Waals surface area contributed by atoms with Crippen LogP contribution < -0.4 is 5.32 Å². The van der Waals surface area contributed by atoms with Crippen molar-refractivity contribution >= 4 is 5.82 Å². The van der Waals surface area contributed by atoms with Gasteiger partial charge in [-0.05, 0) is 31.4 Å². The van der Waals surface area contributed by atoms with Crippen molar-refractivity contribution in [2.75, 3.05) is 5.32 Å². The molecule has 2 heterocycles. The Kier molecular flexibility index (Phi) is 4.71. The summed E-state index contributed by atoms with van der Waals surface area (Å²) in [6.07, 6.45) is 3.65. The number of anilines is 1. The van der Waals surface area contributed by atoms with Crippen LogP contribution >= 0.6 is 0 Å². The first-order valence-electron chi connectivity index (χ1n) is 7.14. The predicted molar refractivity (Wildman–Crippen MR) is 79.4 cm³/mol. The summed E-state index contributed by atoms with van der Waals surface area (Å²) >= 11 is 0. The highest BCUT2D eigenvalue weighted by atomic mass is 16.5. The van der Waals surface area contributed by atoms with Gasteiger partial charge < -0.3 is 9.84 Å². The zero-order valence-corrected chi connectivity index (χ0v) is 12.6. The average Bonchev–Trinajstić information content (AvgIpc) is 2.87. The standard InChI is InChI=1S/C15H22N4O/c1-5-11(4)17-13-7-6-12(9-16-13)15-18-14(19-20-15)8-10(2)3/h6-7,9-11H,5,8H2,1-4H3,(H,16,17)/t11-/m1/s1. The van der Waals surface area contributed by atoms with Gasteiger partial charge in [0.15, 0.2) is 5.82 Å². The van der Waals surface area contributed by atoms with E-state index < -0.39 is 0 Å². The van der Waals surface area contributed by atoms with Crippen LogP contribution in [0.2, 0.25) is 0 Å². The average molecular weight is 274 g/mol. The Hall–Kier alpha value is -1.91. The molecule has 0 saturated carbocycles. The SMILES string of the molecule is CC[C@@H](C)Nc1ccc(-c2nc(CC(C)C)no2)cn1. The van der Waals surface area contributed by atoms with Crippen molar-refractivity contribution < 1.29 is 4.52 Å². The normalized spacial score (nSPS) is 12.7. The van der Waals surface area contributed by atoms with Gasteiger partial charge >= 0.3 is 0 Å². The minimum Gasteiger partial charge on any atom is -0.368 e. The summed E-state index contributed by atoms with van der Waals surface area (Å²) in [5.41, 5.74) is 0.849. The first-order valence-corrected chi connectivity index (χ1v) is 7.14. The largest absolute Gasteiger partial charge is 0.368 e. The number of hydrogen-bond donors (Lipinski definition) is 1. The lowest BCUT2D eigenvalue weighted by molar-refractivity contribution is 0.417. The maximum absolute atomic E-state index is 5.27. The maximum Gasteiger partial charge on any atom is 0.259 e. The van der Waals surface area contributed by atoms with E-state index in [0.29, 0.717) is 17.9 Å². The van der Waals surface area contributed by atoms with E-state index in [4.69, 9.17) is 4.52 Å². The van der Waals surface area contributed by atoms with Crippen LogP contribution in [0.4, 0.5) is 5.82 Å². The van der Waals surface area contributed by atoms with E-state index in [0.717, 1.165) is 30.0 Å². The van der Waals surface area contributed by atoms with E-state index in [1.165, 1.54) is 0 Å². The molecule has 2 aromatic heterocycles. The summed E-state index contributed by atoms with van der Waals surface area (Å²) in [5, 5.41) is 7.31. The summed E-state index contributed by atoms with van der Waals surface area (Å²) in [7, 11) is 0. The first-order chi connectivity index (χ1) is 9.58. The van der Waals surface area contributed by atoms with Crippen molar-refractivity contribution in [3.8, 4) is 11.5 Å². The molecule has 20 heavy (non-hydrogen) atoms. The van der Waals surface area contributed by atoms with Crippen LogP contribution in [0.25, 0.3) is 11.5 Å². The van der Waals surface area contributed by atoms with Gasteiger partial charge in [0.05, 0.1) is 5.56 Å². The molecule has 1 atom stereocenters. The van der Waals surface area contributed by atoms with Crippen LogP contribution in [-0.2, 0) is 6.42 Å². The number of pyridine rings is 1. The second-order valence-electron chi connectivity index (χ2n) is 5.50. The molecule has 0 saturated heterocycles. The van der Waals surface area contributed by atoms with Crippen LogP contribution in [-0.4, -0.2) is 21.2 Å². The first kappa shape index (κ1) is 14.5. The molecule has 108 valence electrons. The molecule has 2 rings (SSSR count). The lowest BCUT2D eigenvalue weighted by atomic mass is 10.1. The van der Waals surface area contributed by atoms with Gasteiger partial charge in [-0.1, -0.05) is 25.9 Å². The molecule has 0 amide bonds. The Morgan fingerprint density at radius 3 is 2.65 bits per heavy atom. The van der Waals surface area contributed by atoms with E-state index in [1.807, 2.05) is 12.1 Å². The number of rotatable bonds is 6. The summed E-state index contributed by atoms with van der Waals surface area (Å²) in [4.78, 5) is 8.76. The van der Waals surface area contributed by atoms with Gasteiger partial charge in [-0.25, -0.2) is 4.98 Å². The van der Waals surface area contributed by atoms with Gasteiger partial charge in [0, 0.05) is 18.7 Å². The molecule has 0 aliphatic carbocycles. The highest BCUT2D eigenvalue weighted by Gasteiger charge is 2.10. The third kappa shape index (κ3) is 3.79. The quantitative estimate of drug-likeness (QED) is 0.872. The van der Waals surface area contributed by atoms with Crippen LogP contribution in [0.5, 0.6) is 0 Å². The fourth-order valence-corrected chi connectivity index (χ4v) is 1.78. The molecule has 0 aliphatic rings. The van der Waals surface area contributed by atoms with Crippen molar-refractivity contribution in [2.24, 2.45) is 5.92 Å². The van der Waals surface area contributed by atoms with Gasteiger partial charge in [0.2, 0.25) is 0 Å². The monoisotopic (exact) mass is 274 g/mol. The third-order valence-corrected chi connectivity index (χ3v) is 3.08. The van der Waals surface area contributed by atoms with Crippen LogP contribution in [0.3, 0.4) is 0 Å². The van der Waals surface area contributed by atoms with Crippen molar-refractivity contribution in [1.82, 2.24) is 15.1 Å². The summed E-state index contributed by atoms with van der Waals surface area (Å²) < 4.78 is 5.27. The molecule has 0 spiro atoms. The van der Waals surface area contributed by atoms with Crippen molar-refractivity contribution in [2.45, 2.75) is 46.6 Å². The van der Waals surface area contributed by atoms with E-state index >= 15 is 0 Å². The number of aromatic nitrogens is 3. The number of hydrogen-bond acceptors (Lipinski definition) is 5. The Morgan fingerprint density at radius 2 is 2.05 bits per heavy atom. The minimum atomic E-state index is 0.411. The van der Waals surface area contributed by atoms with Crippen molar-refractivity contribution in [3.05, 3.63) is 24.2 Å². The Bertz CT molecular complexity index is 533. The van der Waals surface area contributed by atoms with Crippen LogP contribution in [0.15, 0.2) is 22.9 Å². The van der Waals surface area contributed by atoms with E-state index in [2.05, 4.69) is 48.1 Å². The van der Waals surface area contributed by atoms with E-state index in [1.54, 1.807) is 6.20 Å². The highest BCUT2D eigenvalue weighted by molar-refractivity contribution is 5.54. The lowest BCUT2D eigenvalue weighted by Crippen LogP contribution is -2.14. The number of nitrogens with zero attached hydrogens (tertiary/aromatic N) is 3. The topological polar surface area (TPSA) is 63.8 Å². The molecule has 0 unspecified atom stereocenters. The Labute approximate surface area is 119 Å². The summed E-state index contributed by atoms with van der Waals surface area (Å²) in [6, 6.07) is 4.30. The van der Waals surface area contributed by atoms with Gasteiger partial charge in [0.25, 0.3) is 5.89 Å². The van der Waals surface area contributed by atoms with Gasteiger partial charge in [-0.3, -0.25) is 0 Å². The molecular formula is C15H22N4O. The van der Waals surface area contributed by atoms with Crippen LogP contribution in [0.1, 0.15) is 39.9 Å². The smallest absolute Gasteiger partial charge is 0.259 e. The Balaban J connectivity index is 2.07. The molecule has 0 radical (unpaired) electrons. The molecule has 0 fully saturated rings. The van der Waals surface area contributed by atoms with Gasteiger partial charge in [0.1, 0.15) is 5.82 Å². The highest BCUT2D eigenvalue weighted by Crippen LogP contribution is 2.19. The predicted octanol–water partition coefficient (Wildman–Crippen LogP) is 3.54. The third-order valence-electron chi connectivity index (χ3n) is 3.08. The lowest BCUT2D eigenvalue weighted by Gasteiger charge is -2.11. The van der Waals surface area contributed by atoms with Gasteiger partial charge in [-0.2, -0.15) is 4.98 Å². The summed E-state index contributed by atoms with van der Waals surface area (Å²) in [6.45, 7) is 8.53. The molecular weight excluding hydrogens is 252 g/mol.